The van der Waals surface area contributed by atoms with E-state index in [0.29, 0.717) is 0 Å². The molecule has 13 heavy (non-hydrogen) atoms. The molecule has 0 saturated carbocycles. The molecule has 0 rings (SSSR count). The van der Waals surface area contributed by atoms with Crippen molar-refractivity contribution in [2.45, 2.75) is 6.92 Å². The summed E-state index contributed by atoms with van der Waals surface area (Å²) in [6, 6.07) is 0. The zero-order valence-electron chi connectivity index (χ0n) is 6.67. The molecule has 0 saturated heterocycles. The summed E-state index contributed by atoms with van der Waals surface area (Å²) in [6.45, 7) is 0.834. The molecule has 0 heterocycles. The van der Waals surface area contributed by atoms with Gasteiger partial charge in [-0.25, -0.2) is 0 Å². The molecule has 0 aromatic rings. The molecule has 0 aliphatic heterocycles. The molecule has 7 nitrogen and oxygen atoms in total. The third kappa shape index (κ3) is 5.55. The molecule has 0 aromatic carbocycles. The lowest BCUT2D eigenvalue weighted by Gasteiger charge is -2.01. The van der Waals surface area contributed by atoms with Crippen LogP contribution in [-0.4, -0.2) is 35.0 Å². The first-order valence-corrected chi connectivity index (χ1v) is 6.20. The molecule has 0 bridgehead atoms. The fourth-order valence-corrected chi connectivity index (χ4v) is 2.87. The summed E-state index contributed by atoms with van der Waals surface area (Å²) < 4.78 is 50.3. The molecule has 0 aliphatic carbocycles. The van der Waals surface area contributed by atoms with Gasteiger partial charge in [-0.15, -0.1) is 0 Å². The Bertz CT molecular complexity index is 350. The smallest absolute Gasteiger partial charge is 0.328 e. The fraction of sp³-hybridized carbons (Fsp3) is 0.750. The van der Waals surface area contributed by atoms with E-state index in [1.165, 1.54) is 6.92 Å². The van der Waals surface area contributed by atoms with Crippen molar-refractivity contribution < 1.29 is 30.0 Å². The molecular weight excluding hydrogens is 224 g/mol. The normalized spacial score (nSPS) is 12.4. The summed E-state index contributed by atoms with van der Waals surface area (Å²) in [6.07, 6.45) is 0. The minimum atomic E-state index is -4.39. The molecular formula is C4H8O7S2. The second kappa shape index (κ2) is 4.53. The monoisotopic (exact) mass is 232 g/mol. The van der Waals surface area contributed by atoms with E-state index in [4.69, 9.17) is 0 Å². The average molecular weight is 232 g/mol. The summed E-state index contributed by atoms with van der Waals surface area (Å²) in [5, 5.41) is -1.37. The van der Waals surface area contributed by atoms with Gasteiger partial charge in [0.25, 0.3) is 10.1 Å². The largest absolute Gasteiger partial charge is 0.348 e. The Balaban J connectivity index is 4.53. The van der Waals surface area contributed by atoms with Gasteiger partial charge in [-0.05, 0) is 6.92 Å². The molecule has 0 atom stereocenters. The molecule has 0 unspecified atom stereocenters. The third-order valence-electron chi connectivity index (χ3n) is 0.772. The molecule has 0 amide bonds. The Hall–Kier alpha value is -0.670. The van der Waals surface area contributed by atoms with Crippen molar-refractivity contribution >= 4 is 26.7 Å². The van der Waals surface area contributed by atoms with Crippen molar-refractivity contribution in [3.8, 4) is 0 Å². The second-order valence-corrected chi connectivity index (χ2v) is 5.43. The van der Waals surface area contributed by atoms with Gasteiger partial charge in [0.1, 0.15) is 0 Å². The third-order valence-corrected chi connectivity index (χ3v) is 4.05. The molecule has 0 N–H and O–H groups in total. The summed E-state index contributed by atoms with van der Waals surface area (Å²) >= 11 is 0. The minimum Gasteiger partial charge on any atom is -0.348 e. The summed E-state index contributed by atoms with van der Waals surface area (Å²) in [7, 11) is -8.58. The average Bonchev–Trinajstić information content (AvgIpc) is 1.82. The predicted molar refractivity (Wildman–Crippen MR) is 41.5 cm³/mol. The van der Waals surface area contributed by atoms with Crippen molar-refractivity contribution in [2.75, 3.05) is 11.7 Å². The van der Waals surface area contributed by atoms with Gasteiger partial charge in [-0.1, -0.05) is 0 Å². The SMILES string of the molecule is CCOS(=O)(=O)CS(=O)(=O)OC=O. The highest BCUT2D eigenvalue weighted by Gasteiger charge is 2.23. The van der Waals surface area contributed by atoms with Crippen molar-refractivity contribution in [3.63, 3.8) is 0 Å². The van der Waals surface area contributed by atoms with Gasteiger partial charge in [0.15, 0.2) is 0 Å². The van der Waals surface area contributed by atoms with E-state index in [9.17, 15) is 21.6 Å². The Morgan fingerprint density at radius 1 is 1.15 bits per heavy atom. The maximum atomic E-state index is 10.7. The molecule has 0 aliphatic rings. The maximum absolute atomic E-state index is 10.7. The highest BCUT2D eigenvalue weighted by atomic mass is 32.3. The Morgan fingerprint density at radius 2 is 1.69 bits per heavy atom. The lowest BCUT2D eigenvalue weighted by molar-refractivity contribution is -0.120. The highest BCUT2D eigenvalue weighted by molar-refractivity contribution is 8.03. The van der Waals surface area contributed by atoms with Crippen LogP contribution in [0.1, 0.15) is 6.92 Å². The van der Waals surface area contributed by atoms with Gasteiger partial charge in [0.05, 0.1) is 6.61 Å². The molecule has 78 valence electrons. The van der Waals surface area contributed by atoms with Crippen LogP contribution in [0.2, 0.25) is 0 Å². The first-order valence-electron chi connectivity index (χ1n) is 3.04. The van der Waals surface area contributed by atoms with Crippen LogP contribution in [-0.2, 0) is 33.4 Å². The zero-order valence-corrected chi connectivity index (χ0v) is 8.30. The molecule has 0 spiro atoms. The lowest BCUT2D eigenvalue weighted by atomic mass is 10.9. The van der Waals surface area contributed by atoms with Gasteiger partial charge in [-0.2, -0.15) is 16.8 Å². The van der Waals surface area contributed by atoms with E-state index in [2.05, 4.69) is 8.37 Å². The van der Waals surface area contributed by atoms with Crippen LogP contribution in [0.15, 0.2) is 0 Å². The van der Waals surface area contributed by atoms with Crippen LogP contribution in [0.4, 0.5) is 0 Å². The van der Waals surface area contributed by atoms with Crippen LogP contribution < -0.4 is 0 Å². The topological polar surface area (TPSA) is 104 Å². The summed E-state index contributed by atoms with van der Waals surface area (Å²) in [4.78, 5) is 9.63. The maximum Gasteiger partial charge on any atom is 0.328 e. The predicted octanol–water partition coefficient (Wildman–Crippen LogP) is -1.19. The van der Waals surface area contributed by atoms with E-state index < -0.39 is 25.3 Å². The number of hydrogen-bond acceptors (Lipinski definition) is 7. The molecule has 9 heteroatoms. The molecule has 0 radical (unpaired) electrons. The van der Waals surface area contributed by atoms with Crippen molar-refractivity contribution in [3.05, 3.63) is 0 Å². The van der Waals surface area contributed by atoms with Gasteiger partial charge < -0.3 is 4.18 Å². The quantitative estimate of drug-likeness (QED) is 0.419. The van der Waals surface area contributed by atoms with Crippen molar-refractivity contribution in [2.24, 2.45) is 0 Å². The van der Waals surface area contributed by atoms with Crippen molar-refractivity contribution in [1.82, 2.24) is 0 Å². The van der Waals surface area contributed by atoms with E-state index in [0.717, 1.165) is 0 Å². The van der Waals surface area contributed by atoms with E-state index in [-0.39, 0.29) is 13.1 Å². The Morgan fingerprint density at radius 3 is 2.08 bits per heavy atom. The van der Waals surface area contributed by atoms with E-state index in [1.807, 2.05) is 0 Å². The molecule has 0 fully saturated rings. The van der Waals surface area contributed by atoms with Crippen LogP contribution in [0.5, 0.6) is 0 Å². The highest BCUT2D eigenvalue weighted by Crippen LogP contribution is 2.00. The Kier molecular flexibility index (Phi) is 4.30. The summed E-state index contributed by atoms with van der Waals surface area (Å²) in [5.41, 5.74) is 0. The first kappa shape index (κ1) is 12.3. The zero-order chi connectivity index (χ0) is 10.5. The van der Waals surface area contributed by atoms with Gasteiger partial charge in [0, 0.05) is 0 Å². The molecule has 0 aromatic heterocycles. The van der Waals surface area contributed by atoms with Crippen LogP contribution in [0.25, 0.3) is 0 Å². The number of rotatable bonds is 6. The van der Waals surface area contributed by atoms with Crippen LogP contribution in [0, 0.1) is 0 Å². The fourth-order valence-electron chi connectivity index (χ4n) is 0.478. The number of hydrogen-bond donors (Lipinski definition) is 0. The van der Waals surface area contributed by atoms with Crippen molar-refractivity contribution in [1.29, 1.82) is 0 Å². The van der Waals surface area contributed by atoms with Gasteiger partial charge in [-0.3, -0.25) is 8.98 Å². The standard InChI is InChI=1S/C4H8O7S2/c1-2-10-12(6,7)4-13(8,9)11-3-5/h3H,2,4H2,1H3. The van der Waals surface area contributed by atoms with E-state index >= 15 is 0 Å². The van der Waals surface area contributed by atoms with Crippen LogP contribution >= 0.6 is 0 Å². The van der Waals surface area contributed by atoms with Crippen LogP contribution in [0.3, 0.4) is 0 Å². The van der Waals surface area contributed by atoms with E-state index in [1.54, 1.807) is 0 Å². The minimum absolute atomic E-state index is 0.182. The Labute approximate surface area is 75.9 Å². The van der Waals surface area contributed by atoms with Gasteiger partial charge >= 0.3 is 16.6 Å². The number of carbonyl (C=O) groups excluding carboxylic acids is 1. The number of carbonyl (C=O) groups is 1. The lowest BCUT2D eigenvalue weighted by Crippen LogP contribution is -2.20. The first-order chi connectivity index (χ1) is 5.83. The van der Waals surface area contributed by atoms with Gasteiger partial charge in [0.2, 0.25) is 5.08 Å². The summed E-state index contributed by atoms with van der Waals surface area (Å²) in [5.74, 6) is 0. The second-order valence-electron chi connectivity index (χ2n) is 1.83.